The summed E-state index contributed by atoms with van der Waals surface area (Å²) >= 11 is 0. The van der Waals surface area contributed by atoms with Gasteiger partial charge in [0.05, 0.1) is 0 Å². The van der Waals surface area contributed by atoms with Gasteiger partial charge in [-0.25, -0.2) is 0 Å². The summed E-state index contributed by atoms with van der Waals surface area (Å²) in [4.78, 5) is 11.6. The van der Waals surface area contributed by atoms with Crippen molar-refractivity contribution in [3.05, 3.63) is 0 Å². The molecule has 0 amide bonds. The highest BCUT2D eigenvalue weighted by atomic mass is 32.2. The molecule has 1 aliphatic rings. The fraction of sp³-hybridized carbons (Fsp3) is 0.800. The summed E-state index contributed by atoms with van der Waals surface area (Å²) in [5.74, 6) is 5.55. The third-order valence-corrected chi connectivity index (χ3v) is 4.61. The smallest absolute Gasteiger partial charge is 0.138 e. The molecular weight excluding hydrogens is 184 g/mol. The second-order valence-electron chi connectivity index (χ2n) is 4.21. The second-order valence-corrected chi connectivity index (χ2v) is 6.95. The Morgan fingerprint density at radius 1 is 1.38 bits per heavy atom. The summed E-state index contributed by atoms with van der Waals surface area (Å²) in [7, 11) is -1.83. The van der Waals surface area contributed by atoms with Crippen molar-refractivity contribution in [1.82, 2.24) is 0 Å². The van der Waals surface area contributed by atoms with E-state index in [0.29, 0.717) is 17.3 Å². The average Bonchev–Trinajstić information content (AvgIpc) is 2.03. The van der Waals surface area contributed by atoms with E-state index < -0.39 is 9.52 Å². The van der Waals surface area contributed by atoms with Gasteiger partial charge in [-0.15, -0.1) is 0 Å². The van der Waals surface area contributed by atoms with Crippen molar-refractivity contribution in [3.8, 4) is 0 Å². The zero-order valence-electron chi connectivity index (χ0n) is 8.41. The molecular formula is C10H18O2S. The van der Waals surface area contributed by atoms with Crippen LogP contribution in [0, 0.1) is 11.8 Å². The van der Waals surface area contributed by atoms with E-state index in [9.17, 15) is 9.00 Å². The Morgan fingerprint density at radius 3 is 2.23 bits per heavy atom. The van der Waals surface area contributed by atoms with Crippen LogP contribution in [0.25, 0.3) is 0 Å². The Morgan fingerprint density at radius 2 is 1.85 bits per heavy atom. The lowest BCUT2D eigenvalue weighted by atomic mass is 9.91. The molecule has 0 aromatic rings. The van der Waals surface area contributed by atoms with Gasteiger partial charge in [0.1, 0.15) is 5.78 Å². The van der Waals surface area contributed by atoms with Crippen LogP contribution in [0.1, 0.15) is 26.7 Å². The molecule has 1 heterocycles. The number of hydrogen-bond donors (Lipinski definition) is 0. The van der Waals surface area contributed by atoms with Gasteiger partial charge in [0, 0.05) is 23.3 Å². The quantitative estimate of drug-likeness (QED) is 0.633. The maximum absolute atomic E-state index is 11.6. The van der Waals surface area contributed by atoms with Gasteiger partial charge < -0.3 is 0 Å². The topological polar surface area (TPSA) is 34.1 Å². The van der Waals surface area contributed by atoms with Crippen LogP contribution in [0.15, 0.2) is 0 Å². The lowest BCUT2D eigenvalue weighted by Crippen LogP contribution is -2.30. The number of Topliss-reactive ketones (excluding diaryl/α,β-unsaturated/α-hetero) is 1. The summed E-state index contributed by atoms with van der Waals surface area (Å²) in [6.45, 7) is 3.86. The molecule has 1 rings (SSSR count). The first kappa shape index (κ1) is 10.8. The molecule has 0 atom stereocenters. The largest absolute Gasteiger partial charge is 0.299 e. The Kier molecular flexibility index (Phi) is 3.17. The minimum absolute atomic E-state index is 0.115. The molecule has 76 valence electrons. The summed E-state index contributed by atoms with van der Waals surface area (Å²) in [5, 5.41) is 0. The molecule has 2 nitrogen and oxygen atoms in total. The van der Waals surface area contributed by atoms with E-state index in [2.05, 4.69) is 5.87 Å². The molecule has 13 heavy (non-hydrogen) atoms. The van der Waals surface area contributed by atoms with Crippen LogP contribution < -0.4 is 0 Å². The van der Waals surface area contributed by atoms with E-state index in [1.54, 1.807) is 0 Å². The molecule has 0 aromatic heterocycles. The van der Waals surface area contributed by atoms with Gasteiger partial charge >= 0.3 is 0 Å². The number of hydrogen-bond acceptors (Lipinski definition) is 2. The molecule has 0 radical (unpaired) electrons. The van der Waals surface area contributed by atoms with Crippen molar-refractivity contribution in [3.63, 3.8) is 0 Å². The van der Waals surface area contributed by atoms with Crippen molar-refractivity contribution in [2.75, 3.05) is 11.5 Å². The first-order valence-corrected chi connectivity index (χ1v) is 6.85. The molecule has 1 aliphatic heterocycles. The van der Waals surface area contributed by atoms with Crippen LogP contribution in [0.5, 0.6) is 0 Å². The van der Waals surface area contributed by atoms with Crippen molar-refractivity contribution in [1.29, 1.82) is 0 Å². The minimum Gasteiger partial charge on any atom is -0.299 e. The Hall–Kier alpha value is -0.310. The highest BCUT2D eigenvalue weighted by molar-refractivity contribution is 8.00. The lowest BCUT2D eigenvalue weighted by molar-refractivity contribution is -0.126. The van der Waals surface area contributed by atoms with E-state index in [1.165, 1.54) is 0 Å². The molecule has 0 N–H and O–H groups in total. The maximum atomic E-state index is 11.6. The van der Waals surface area contributed by atoms with Crippen LogP contribution in [0.2, 0.25) is 0 Å². The Bertz CT molecular complexity index is 274. The molecule has 1 fully saturated rings. The number of ketones is 1. The predicted molar refractivity (Wildman–Crippen MR) is 57.6 cm³/mol. The van der Waals surface area contributed by atoms with E-state index in [-0.39, 0.29) is 11.8 Å². The maximum Gasteiger partial charge on any atom is 0.138 e. The van der Waals surface area contributed by atoms with Gasteiger partial charge in [0.25, 0.3) is 0 Å². The molecule has 1 saturated heterocycles. The van der Waals surface area contributed by atoms with Gasteiger partial charge in [-0.2, -0.15) is 0 Å². The van der Waals surface area contributed by atoms with Crippen LogP contribution >= 0.6 is 0 Å². The fourth-order valence-corrected chi connectivity index (χ4v) is 3.35. The summed E-state index contributed by atoms with van der Waals surface area (Å²) in [5.41, 5.74) is 0. The van der Waals surface area contributed by atoms with E-state index in [0.717, 1.165) is 12.8 Å². The monoisotopic (exact) mass is 202 g/mol. The van der Waals surface area contributed by atoms with Crippen molar-refractivity contribution < 1.29 is 9.00 Å². The zero-order chi connectivity index (χ0) is 10.1. The lowest BCUT2D eigenvalue weighted by Gasteiger charge is -2.24. The Balaban J connectivity index is 2.55. The molecule has 0 spiro atoms. The summed E-state index contributed by atoms with van der Waals surface area (Å²) in [6, 6.07) is 0. The fourth-order valence-electron chi connectivity index (χ4n) is 1.72. The summed E-state index contributed by atoms with van der Waals surface area (Å²) in [6.07, 6.45) is 1.55. The molecule has 3 heteroatoms. The normalized spacial score (nSPS) is 34.8. The third kappa shape index (κ3) is 2.83. The van der Waals surface area contributed by atoms with Crippen LogP contribution in [0.3, 0.4) is 0 Å². The number of carbonyl (C=O) groups is 1. The molecule has 0 bridgehead atoms. The third-order valence-electron chi connectivity index (χ3n) is 2.65. The molecule has 0 aliphatic carbocycles. The van der Waals surface area contributed by atoms with Gasteiger partial charge in [0.2, 0.25) is 0 Å². The van der Waals surface area contributed by atoms with Gasteiger partial charge in [-0.1, -0.05) is 13.8 Å². The van der Waals surface area contributed by atoms with E-state index in [1.807, 2.05) is 13.8 Å². The van der Waals surface area contributed by atoms with E-state index >= 15 is 0 Å². The van der Waals surface area contributed by atoms with Crippen molar-refractivity contribution >= 4 is 21.2 Å². The predicted octanol–water partition coefficient (Wildman–Crippen LogP) is 1.34. The Labute approximate surface area is 80.7 Å². The number of carbonyl (C=O) groups excluding carboxylic acids is 1. The summed E-state index contributed by atoms with van der Waals surface area (Å²) < 4.78 is 11.5. The molecule has 0 saturated carbocycles. The van der Waals surface area contributed by atoms with Crippen LogP contribution in [-0.4, -0.2) is 27.4 Å². The molecule has 0 unspecified atom stereocenters. The van der Waals surface area contributed by atoms with Crippen molar-refractivity contribution in [2.45, 2.75) is 26.7 Å². The van der Waals surface area contributed by atoms with Gasteiger partial charge in [0.15, 0.2) is 0 Å². The standard InChI is InChI=1S/C10H18O2S/c1-8(2)10(11)9-4-6-13(3,12)7-5-9/h8-9H,3-7H2,1-2H3. The minimum atomic E-state index is -1.83. The highest BCUT2D eigenvalue weighted by Gasteiger charge is 2.26. The zero-order valence-corrected chi connectivity index (χ0v) is 9.23. The molecule has 0 aromatic carbocycles. The highest BCUT2D eigenvalue weighted by Crippen LogP contribution is 2.22. The van der Waals surface area contributed by atoms with Gasteiger partial charge in [-0.05, 0) is 28.2 Å². The first-order chi connectivity index (χ1) is 5.92. The van der Waals surface area contributed by atoms with Gasteiger partial charge in [-0.3, -0.25) is 9.00 Å². The van der Waals surface area contributed by atoms with E-state index in [4.69, 9.17) is 0 Å². The average molecular weight is 202 g/mol. The van der Waals surface area contributed by atoms with Crippen LogP contribution in [-0.2, 0) is 14.3 Å². The van der Waals surface area contributed by atoms with Crippen molar-refractivity contribution in [2.24, 2.45) is 11.8 Å². The number of rotatable bonds is 2. The van der Waals surface area contributed by atoms with Crippen LogP contribution in [0.4, 0.5) is 0 Å². The second kappa shape index (κ2) is 3.82. The first-order valence-electron chi connectivity index (χ1n) is 4.79. The SMILES string of the molecule is C=S1(=O)CCC(C(=O)C(C)C)CC1.